The van der Waals surface area contributed by atoms with Gasteiger partial charge in [-0.2, -0.15) is 4.40 Å². The normalized spacial score (nSPS) is 18.8. The molecule has 3 rings (SSSR count). The predicted octanol–water partition coefficient (Wildman–Crippen LogP) is 3.58. The molecule has 1 fully saturated rings. The Hall–Kier alpha value is -1.86. The summed E-state index contributed by atoms with van der Waals surface area (Å²) in [6, 6.07) is 3.85. The van der Waals surface area contributed by atoms with Crippen molar-refractivity contribution in [1.82, 2.24) is 9.55 Å². The lowest BCUT2D eigenvalue weighted by Crippen LogP contribution is -2.38. The van der Waals surface area contributed by atoms with Gasteiger partial charge in [0.15, 0.2) is 0 Å². The molecule has 2 aromatic rings. The molecule has 29 heavy (non-hydrogen) atoms. The van der Waals surface area contributed by atoms with Crippen molar-refractivity contribution in [3.8, 4) is 0 Å². The van der Waals surface area contributed by atoms with Gasteiger partial charge < -0.3 is 4.74 Å². The van der Waals surface area contributed by atoms with E-state index in [1.165, 1.54) is 0 Å². The molecule has 1 aromatic carbocycles. The Morgan fingerprint density at radius 1 is 1.28 bits per heavy atom. The van der Waals surface area contributed by atoms with Crippen LogP contribution in [0.4, 0.5) is 0 Å². The van der Waals surface area contributed by atoms with Gasteiger partial charge in [-0.15, -0.1) is 0 Å². The summed E-state index contributed by atoms with van der Waals surface area (Å²) in [5.41, 5.74) is 2.71. The maximum atomic E-state index is 13.2. The van der Waals surface area contributed by atoms with E-state index < -0.39 is 15.7 Å². The van der Waals surface area contributed by atoms with Gasteiger partial charge in [0.25, 0.3) is 5.56 Å². The molecule has 6 nitrogen and oxygen atoms in total. The topological polar surface area (TPSA) is 73.5 Å². The van der Waals surface area contributed by atoms with Crippen molar-refractivity contribution >= 4 is 27.6 Å². The van der Waals surface area contributed by atoms with Gasteiger partial charge >= 0.3 is 0 Å². The lowest BCUT2D eigenvalue weighted by Gasteiger charge is -2.34. The maximum Gasteiger partial charge on any atom is 0.261 e. The van der Waals surface area contributed by atoms with Gasteiger partial charge in [-0.1, -0.05) is 6.92 Å². The van der Waals surface area contributed by atoms with E-state index in [1.54, 1.807) is 11.6 Å². The molecule has 0 saturated carbocycles. The first-order chi connectivity index (χ1) is 13.4. The molecule has 1 aliphatic rings. The zero-order valence-corrected chi connectivity index (χ0v) is 19.3. The molecule has 0 aliphatic carbocycles. The Labute approximate surface area is 175 Å². The molecule has 158 valence electrons. The van der Waals surface area contributed by atoms with Crippen LogP contribution in [-0.4, -0.2) is 37.4 Å². The third-order valence-corrected chi connectivity index (χ3v) is 7.08. The van der Waals surface area contributed by atoms with Gasteiger partial charge in [-0.3, -0.25) is 9.36 Å². The van der Waals surface area contributed by atoms with Crippen LogP contribution in [0, 0.1) is 6.92 Å². The molecule has 7 heteroatoms. The standard InChI is InChI=1S/C22H31N3O3S/c1-14-12-16(15(2)24-29(27)21(3,4)5)18-17(13-14)19(26)25(7)20(23-18)22(6)8-10-28-11-9-22/h12-13H,8-11H2,1-7H3/t29-/m1/s1. The van der Waals surface area contributed by atoms with E-state index in [9.17, 15) is 9.00 Å². The molecular formula is C22H31N3O3S. The van der Waals surface area contributed by atoms with Crippen molar-refractivity contribution in [3.63, 3.8) is 0 Å². The molecule has 1 aromatic heterocycles. The molecule has 2 heterocycles. The van der Waals surface area contributed by atoms with Crippen molar-refractivity contribution in [3.05, 3.63) is 39.4 Å². The van der Waals surface area contributed by atoms with Crippen molar-refractivity contribution in [2.75, 3.05) is 13.2 Å². The first-order valence-electron chi connectivity index (χ1n) is 10.0. The Morgan fingerprint density at radius 3 is 2.48 bits per heavy atom. The average molecular weight is 418 g/mol. The van der Waals surface area contributed by atoms with E-state index in [0.29, 0.717) is 29.8 Å². The number of rotatable bonds is 3. The Balaban J connectivity index is 2.28. The Kier molecular flexibility index (Phi) is 5.84. The van der Waals surface area contributed by atoms with Crippen LogP contribution in [0.25, 0.3) is 10.9 Å². The van der Waals surface area contributed by atoms with Gasteiger partial charge in [0.1, 0.15) is 16.8 Å². The summed E-state index contributed by atoms with van der Waals surface area (Å²) in [4.78, 5) is 18.2. The molecule has 0 unspecified atom stereocenters. The minimum absolute atomic E-state index is 0.0626. The van der Waals surface area contributed by atoms with Gasteiger partial charge in [-0.05, 0) is 65.2 Å². The second-order valence-electron chi connectivity index (χ2n) is 9.22. The molecule has 1 atom stereocenters. The summed E-state index contributed by atoms with van der Waals surface area (Å²) >= 11 is 0. The van der Waals surface area contributed by atoms with Gasteiger partial charge in [0, 0.05) is 31.2 Å². The van der Waals surface area contributed by atoms with Crippen LogP contribution in [0.5, 0.6) is 0 Å². The fourth-order valence-corrected chi connectivity index (χ4v) is 4.31. The van der Waals surface area contributed by atoms with Crippen LogP contribution in [0.3, 0.4) is 0 Å². The highest BCUT2D eigenvalue weighted by molar-refractivity contribution is 7.85. The SMILES string of the molecule is CC(=N[S@](=O)C(C)(C)C)c1cc(C)cc2c(=O)n(C)c(C3(C)CCOCC3)nc12. The fraction of sp³-hybridized carbons (Fsp3) is 0.591. The molecule has 0 spiro atoms. The zero-order chi connectivity index (χ0) is 21.6. The molecule has 0 N–H and O–H groups in total. The van der Waals surface area contributed by atoms with Crippen LogP contribution in [-0.2, 0) is 28.2 Å². The monoisotopic (exact) mass is 417 g/mol. The first kappa shape index (κ1) is 21.8. The average Bonchev–Trinajstić information content (AvgIpc) is 2.64. The van der Waals surface area contributed by atoms with Crippen molar-refractivity contribution in [2.45, 2.75) is 64.5 Å². The van der Waals surface area contributed by atoms with E-state index in [2.05, 4.69) is 11.3 Å². The number of nitrogens with zero attached hydrogens (tertiary/aromatic N) is 3. The summed E-state index contributed by atoms with van der Waals surface area (Å²) in [7, 11) is 0.409. The highest BCUT2D eigenvalue weighted by Crippen LogP contribution is 2.33. The van der Waals surface area contributed by atoms with Crippen LogP contribution >= 0.6 is 0 Å². The molecule has 0 radical (unpaired) electrons. The van der Waals surface area contributed by atoms with Gasteiger partial charge in [-0.25, -0.2) is 9.19 Å². The predicted molar refractivity (Wildman–Crippen MR) is 119 cm³/mol. The second kappa shape index (κ2) is 7.76. The summed E-state index contributed by atoms with van der Waals surface area (Å²) in [5, 5.41) is 0.568. The van der Waals surface area contributed by atoms with Crippen molar-refractivity contribution < 1.29 is 8.95 Å². The molecule has 1 aliphatic heterocycles. The summed E-state index contributed by atoms with van der Waals surface area (Å²) in [5.74, 6) is 0.771. The van der Waals surface area contributed by atoms with E-state index in [4.69, 9.17) is 9.72 Å². The third-order valence-electron chi connectivity index (χ3n) is 5.59. The van der Waals surface area contributed by atoms with Gasteiger partial charge in [0.2, 0.25) is 0 Å². The number of hydrogen-bond acceptors (Lipinski definition) is 4. The van der Waals surface area contributed by atoms with Crippen molar-refractivity contribution in [2.24, 2.45) is 11.4 Å². The largest absolute Gasteiger partial charge is 0.381 e. The lowest BCUT2D eigenvalue weighted by molar-refractivity contribution is 0.0523. The number of aryl methyl sites for hydroxylation is 1. The number of aromatic nitrogens is 2. The van der Waals surface area contributed by atoms with Crippen LogP contribution in [0.15, 0.2) is 21.3 Å². The first-order valence-corrected chi connectivity index (χ1v) is 11.1. The van der Waals surface area contributed by atoms with E-state index in [-0.39, 0.29) is 11.0 Å². The molecule has 0 bridgehead atoms. The minimum atomic E-state index is -1.38. The van der Waals surface area contributed by atoms with Crippen LogP contribution in [0.1, 0.15) is 64.4 Å². The second-order valence-corrected chi connectivity index (χ2v) is 11.1. The third kappa shape index (κ3) is 4.21. The maximum absolute atomic E-state index is 13.2. The quantitative estimate of drug-likeness (QED) is 0.716. The lowest BCUT2D eigenvalue weighted by atomic mass is 9.81. The molecular weight excluding hydrogens is 386 g/mol. The Bertz CT molecular complexity index is 1060. The van der Waals surface area contributed by atoms with E-state index >= 15 is 0 Å². The minimum Gasteiger partial charge on any atom is -0.381 e. The highest BCUT2D eigenvalue weighted by atomic mass is 32.2. The number of hydrogen-bond donors (Lipinski definition) is 0. The van der Waals surface area contributed by atoms with Crippen LogP contribution < -0.4 is 5.56 Å². The van der Waals surface area contributed by atoms with Gasteiger partial charge in [0.05, 0.1) is 21.4 Å². The number of fused-ring (bicyclic) bond motifs is 1. The van der Waals surface area contributed by atoms with Crippen molar-refractivity contribution in [1.29, 1.82) is 0 Å². The number of ether oxygens (including phenoxy) is 1. The summed E-state index contributed by atoms with van der Waals surface area (Å²) in [6.45, 7) is 12.9. The zero-order valence-electron chi connectivity index (χ0n) is 18.5. The fourth-order valence-electron chi connectivity index (χ4n) is 3.69. The van der Waals surface area contributed by atoms with Crippen LogP contribution in [0.2, 0.25) is 0 Å². The smallest absolute Gasteiger partial charge is 0.261 e. The Morgan fingerprint density at radius 2 is 1.90 bits per heavy atom. The summed E-state index contributed by atoms with van der Waals surface area (Å²) in [6.07, 6.45) is 1.64. The molecule has 1 saturated heterocycles. The summed E-state index contributed by atoms with van der Waals surface area (Å²) < 4.78 is 23.8. The highest BCUT2D eigenvalue weighted by Gasteiger charge is 2.34. The molecule has 0 amide bonds. The number of benzene rings is 1. The van der Waals surface area contributed by atoms with E-state index in [1.807, 2.05) is 46.8 Å². The van der Waals surface area contributed by atoms with E-state index in [0.717, 1.165) is 29.8 Å².